The van der Waals surface area contributed by atoms with Crippen LogP contribution in [0.3, 0.4) is 0 Å². The molecule has 17 heavy (non-hydrogen) atoms. The minimum absolute atomic E-state index is 0.194. The topological polar surface area (TPSA) is 35.5 Å². The minimum atomic E-state index is -0.566. The van der Waals surface area contributed by atoms with Crippen molar-refractivity contribution in [2.24, 2.45) is 5.41 Å². The summed E-state index contributed by atoms with van der Waals surface area (Å²) in [4.78, 5) is 11.4. The van der Waals surface area contributed by atoms with E-state index in [0.29, 0.717) is 10.2 Å². The van der Waals surface area contributed by atoms with E-state index in [1.165, 1.54) is 18.2 Å². The van der Waals surface area contributed by atoms with Crippen molar-refractivity contribution in [1.29, 1.82) is 0 Å². The highest BCUT2D eigenvalue weighted by atomic mass is 79.9. The van der Waals surface area contributed by atoms with Crippen LogP contribution in [0, 0.1) is 11.2 Å². The van der Waals surface area contributed by atoms with Crippen molar-refractivity contribution in [3.63, 3.8) is 0 Å². The first kappa shape index (κ1) is 14.0. The molecule has 0 saturated carbocycles. The minimum Gasteiger partial charge on any atom is -0.456 e. The molecular formula is C12H14BrFO3. The Morgan fingerprint density at radius 3 is 2.59 bits per heavy atom. The molecule has 1 aromatic rings. The van der Waals surface area contributed by atoms with Crippen molar-refractivity contribution in [1.82, 2.24) is 0 Å². The molecule has 0 atom stereocenters. The van der Waals surface area contributed by atoms with E-state index in [2.05, 4.69) is 15.9 Å². The number of hydrogen-bond donors (Lipinski definition) is 0. The average molecular weight is 305 g/mol. The normalized spacial score (nSPS) is 11.1. The summed E-state index contributed by atoms with van der Waals surface area (Å²) >= 11 is 3.15. The molecule has 0 spiro atoms. The van der Waals surface area contributed by atoms with Crippen molar-refractivity contribution >= 4 is 21.9 Å². The second-order valence-electron chi connectivity index (χ2n) is 4.52. The van der Waals surface area contributed by atoms with Crippen LogP contribution in [0.25, 0.3) is 0 Å². The Morgan fingerprint density at radius 1 is 1.41 bits per heavy atom. The van der Waals surface area contributed by atoms with Gasteiger partial charge >= 0.3 is 5.97 Å². The largest absolute Gasteiger partial charge is 0.456 e. The Morgan fingerprint density at radius 2 is 2.06 bits per heavy atom. The smallest absolute Gasteiger partial charge is 0.314 e. The van der Waals surface area contributed by atoms with Crippen LogP contribution in [0.4, 0.5) is 4.39 Å². The summed E-state index contributed by atoms with van der Waals surface area (Å²) in [6.07, 6.45) is 0. The lowest BCUT2D eigenvalue weighted by molar-refractivity contribution is -0.159. The number of ether oxygens (including phenoxy) is 2. The van der Waals surface area contributed by atoms with Crippen LogP contribution in [-0.2, 0) is 9.53 Å². The monoisotopic (exact) mass is 304 g/mol. The van der Waals surface area contributed by atoms with Gasteiger partial charge in [0, 0.05) is 0 Å². The molecule has 0 radical (unpaired) electrons. The first-order chi connectivity index (χ1) is 7.80. The van der Waals surface area contributed by atoms with Crippen LogP contribution in [-0.4, -0.2) is 12.8 Å². The van der Waals surface area contributed by atoms with Crippen LogP contribution < -0.4 is 4.74 Å². The van der Waals surface area contributed by atoms with E-state index in [-0.39, 0.29) is 18.6 Å². The summed E-state index contributed by atoms with van der Waals surface area (Å²) in [5.74, 6) is -0.292. The Balaban J connectivity index is 2.49. The molecule has 0 bridgehead atoms. The van der Waals surface area contributed by atoms with Gasteiger partial charge in [0.15, 0.2) is 0 Å². The van der Waals surface area contributed by atoms with Crippen LogP contribution in [0.5, 0.6) is 5.75 Å². The van der Waals surface area contributed by atoms with E-state index in [4.69, 9.17) is 9.47 Å². The Labute approximate surface area is 108 Å². The first-order valence-electron chi connectivity index (χ1n) is 5.06. The summed E-state index contributed by atoms with van der Waals surface area (Å²) < 4.78 is 23.4. The van der Waals surface area contributed by atoms with Gasteiger partial charge in [0.05, 0.1) is 9.89 Å². The predicted molar refractivity (Wildman–Crippen MR) is 65.1 cm³/mol. The summed E-state index contributed by atoms with van der Waals surface area (Å²) in [5, 5.41) is 0. The summed E-state index contributed by atoms with van der Waals surface area (Å²) in [7, 11) is 0. The Hall–Kier alpha value is -1.10. The lowest BCUT2D eigenvalue weighted by Crippen LogP contribution is -2.24. The van der Waals surface area contributed by atoms with Gasteiger partial charge in [-0.15, -0.1) is 0 Å². The van der Waals surface area contributed by atoms with E-state index < -0.39 is 5.41 Å². The molecule has 0 aliphatic carbocycles. The second kappa shape index (κ2) is 5.49. The first-order valence-corrected chi connectivity index (χ1v) is 5.85. The van der Waals surface area contributed by atoms with E-state index in [1.807, 2.05) is 0 Å². The van der Waals surface area contributed by atoms with Gasteiger partial charge in [-0.05, 0) is 54.9 Å². The molecule has 0 N–H and O–H groups in total. The molecule has 0 heterocycles. The fraction of sp³-hybridized carbons (Fsp3) is 0.417. The van der Waals surface area contributed by atoms with Crippen molar-refractivity contribution in [3.8, 4) is 5.75 Å². The summed E-state index contributed by atoms with van der Waals surface area (Å²) in [6, 6.07) is 4.01. The van der Waals surface area contributed by atoms with Gasteiger partial charge in [-0.1, -0.05) is 0 Å². The Bertz CT molecular complexity index is 413. The van der Waals surface area contributed by atoms with Crippen molar-refractivity contribution < 1.29 is 18.7 Å². The number of esters is 1. The van der Waals surface area contributed by atoms with Gasteiger partial charge in [0.2, 0.25) is 6.79 Å². The van der Waals surface area contributed by atoms with Gasteiger partial charge in [-0.25, -0.2) is 4.39 Å². The van der Waals surface area contributed by atoms with E-state index in [1.54, 1.807) is 20.8 Å². The van der Waals surface area contributed by atoms with Crippen molar-refractivity contribution in [2.45, 2.75) is 20.8 Å². The summed E-state index contributed by atoms with van der Waals surface area (Å²) in [6.45, 7) is 5.07. The van der Waals surface area contributed by atoms with Crippen LogP contribution in [0.2, 0.25) is 0 Å². The third kappa shape index (κ3) is 4.34. The van der Waals surface area contributed by atoms with E-state index in [9.17, 15) is 9.18 Å². The SMILES string of the molecule is CC(C)(C)C(=O)OCOc1ccc(F)cc1Br. The molecule has 0 aliphatic heterocycles. The van der Waals surface area contributed by atoms with Crippen LogP contribution in [0.1, 0.15) is 20.8 Å². The van der Waals surface area contributed by atoms with Gasteiger partial charge in [0.1, 0.15) is 11.6 Å². The van der Waals surface area contributed by atoms with E-state index in [0.717, 1.165) is 0 Å². The fourth-order valence-electron chi connectivity index (χ4n) is 0.955. The number of rotatable bonds is 3. The lowest BCUT2D eigenvalue weighted by atomic mass is 9.98. The van der Waals surface area contributed by atoms with Crippen molar-refractivity contribution in [3.05, 3.63) is 28.5 Å². The molecule has 0 aliphatic rings. The van der Waals surface area contributed by atoms with Gasteiger partial charge in [-0.3, -0.25) is 4.79 Å². The van der Waals surface area contributed by atoms with Gasteiger partial charge in [-0.2, -0.15) is 0 Å². The number of carbonyl (C=O) groups excluding carboxylic acids is 1. The zero-order valence-corrected chi connectivity index (χ0v) is 11.5. The van der Waals surface area contributed by atoms with Crippen molar-refractivity contribution in [2.75, 3.05) is 6.79 Å². The zero-order valence-electron chi connectivity index (χ0n) is 9.92. The molecular weight excluding hydrogens is 291 g/mol. The zero-order chi connectivity index (χ0) is 13.1. The van der Waals surface area contributed by atoms with Gasteiger partial charge < -0.3 is 9.47 Å². The fourth-order valence-corrected chi connectivity index (χ4v) is 1.42. The highest BCUT2D eigenvalue weighted by Gasteiger charge is 2.23. The quantitative estimate of drug-likeness (QED) is 0.633. The lowest BCUT2D eigenvalue weighted by Gasteiger charge is -2.16. The summed E-state index contributed by atoms with van der Waals surface area (Å²) in [5.41, 5.74) is -0.566. The van der Waals surface area contributed by atoms with E-state index >= 15 is 0 Å². The molecule has 1 aromatic carbocycles. The number of benzene rings is 1. The third-order valence-electron chi connectivity index (χ3n) is 1.91. The Kier molecular flexibility index (Phi) is 4.51. The highest BCUT2D eigenvalue weighted by Crippen LogP contribution is 2.25. The molecule has 1 rings (SSSR count). The molecule has 0 fully saturated rings. The molecule has 0 saturated heterocycles. The molecule has 0 aromatic heterocycles. The van der Waals surface area contributed by atoms with Crippen LogP contribution in [0.15, 0.2) is 22.7 Å². The maximum absolute atomic E-state index is 12.8. The van der Waals surface area contributed by atoms with Gasteiger partial charge in [0.25, 0.3) is 0 Å². The average Bonchev–Trinajstić information content (AvgIpc) is 2.19. The molecule has 3 nitrogen and oxygen atoms in total. The second-order valence-corrected chi connectivity index (χ2v) is 5.37. The molecule has 0 unspecified atom stereocenters. The number of carbonyl (C=O) groups is 1. The standard InChI is InChI=1S/C12H14BrFO3/c1-12(2,3)11(15)17-7-16-10-5-4-8(14)6-9(10)13/h4-6H,7H2,1-3H3. The maximum Gasteiger partial charge on any atom is 0.314 e. The maximum atomic E-state index is 12.8. The van der Waals surface area contributed by atoms with Crippen LogP contribution >= 0.6 is 15.9 Å². The third-order valence-corrected chi connectivity index (χ3v) is 2.53. The number of halogens is 2. The molecule has 94 valence electrons. The number of hydrogen-bond acceptors (Lipinski definition) is 3. The predicted octanol–water partition coefficient (Wildman–Crippen LogP) is 3.51. The molecule has 0 amide bonds. The molecule has 5 heteroatoms. The highest BCUT2D eigenvalue weighted by molar-refractivity contribution is 9.10.